The third-order valence-electron chi connectivity index (χ3n) is 3.92. The summed E-state index contributed by atoms with van der Waals surface area (Å²) in [6.07, 6.45) is 1.37. The third kappa shape index (κ3) is 3.63. The van der Waals surface area contributed by atoms with Crippen molar-refractivity contribution in [2.24, 2.45) is 0 Å². The minimum absolute atomic E-state index is 0.188. The van der Waals surface area contributed by atoms with Crippen LogP contribution in [0, 0.1) is 0 Å². The van der Waals surface area contributed by atoms with Gasteiger partial charge in [-0.15, -0.1) is 0 Å². The molecule has 0 spiro atoms. The van der Waals surface area contributed by atoms with Crippen LogP contribution in [-0.4, -0.2) is 32.1 Å². The maximum Gasteiger partial charge on any atom is 0.335 e. The number of methoxy groups -OCH3 is 2. The monoisotopic (exact) mass is 386 g/mol. The molecular formula is C19H15ClN2O5. The molecular weight excluding hydrogens is 372 g/mol. The molecule has 0 aliphatic carbocycles. The van der Waals surface area contributed by atoms with Gasteiger partial charge in [-0.2, -0.15) is 0 Å². The fourth-order valence-electron chi connectivity index (χ4n) is 2.56. The summed E-state index contributed by atoms with van der Waals surface area (Å²) in [5, 5.41) is 2.50. The van der Waals surface area contributed by atoms with Crippen LogP contribution in [0.4, 0.5) is 10.5 Å². The molecule has 7 nitrogen and oxygen atoms in total. The predicted octanol–water partition coefficient (Wildman–Crippen LogP) is 3.02. The SMILES string of the molecule is COc1ccc(N2C(=O)NC(=O)/C(=C/c3ccc(OC)c(Cl)c3)C2=O)cc1. The van der Waals surface area contributed by atoms with E-state index >= 15 is 0 Å². The quantitative estimate of drug-likeness (QED) is 0.645. The maximum absolute atomic E-state index is 12.8. The third-order valence-corrected chi connectivity index (χ3v) is 4.21. The Kier molecular flexibility index (Phi) is 5.14. The normalized spacial score (nSPS) is 15.7. The van der Waals surface area contributed by atoms with E-state index < -0.39 is 17.8 Å². The number of halogens is 1. The maximum atomic E-state index is 12.8. The van der Waals surface area contributed by atoms with Gasteiger partial charge in [0.05, 0.1) is 24.9 Å². The summed E-state index contributed by atoms with van der Waals surface area (Å²) >= 11 is 6.08. The van der Waals surface area contributed by atoms with E-state index in [4.69, 9.17) is 21.1 Å². The number of benzene rings is 2. The standard InChI is InChI=1S/C19H15ClN2O5/c1-26-13-6-4-12(5-7-13)22-18(24)14(17(23)21-19(22)25)9-11-3-8-16(27-2)15(20)10-11/h3-10H,1-2H3,(H,21,23,25)/b14-9-. The summed E-state index contributed by atoms with van der Waals surface area (Å²) in [6.45, 7) is 0. The zero-order chi connectivity index (χ0) is 19.6. The van der Waals surface area contributed by atoms with Gasteiger partial charge < -0.3 is 9.47 Å². The number of nitrogens with one attached hydrogen (secondary N) is 1. The Hall–Kier alpha value is -3.32. The van der Waals surface area contributed by atoms with Crippen LogP contribution in [0.5, 0.6) is 11.5 Å². The second kappa shape index (κ2) is 7.51. The summed E-state index contributed by atoms with van der Waals surface area (Å²) in [5.74, 6) is -0.473. The summed E-state index contributed by atoms with van der Waals surface area (Å²) in [4.78, 5) is 38.0. The van der Waals surface area contributed by atoms with E-state index in [-0.39, 0.29) is 5.57 Å². The lowest BCUT2D eigenvalue weighted by Crippen LogP contribution is -2.54. The molecule has 1 saturated heterocycles. The molecule has 2 aromatic carbocycles. The minimum Gasteiger partial charge on any atom is -0.497 e. The van der Waals surface area contributed by atoms with Crippen LogP contribution in [0.2, 0.25) is 5.02 Å². The lowest BCUT2D eigenvalue weighted by Gasteiger charge is -2.26. The first kappa shape index (κ1) is 18.5. The van der Waals surface area contributed by atoms with E-state index in [1.54, 1.807) is 42.5 Å². The Morgan fingerprint density at radius 3 is 2.30 bits per heavy atom. The van der Waals surface area contributed by atoms with Gasteiger partial charge in [0.2, 0.25) is 0 Å². The highest BCUT2D eigenvalue weighted by molar-refractivity contribution is 6.39. The van der Waals surface area contributed by atoms with Crippen LogP contribution in [0.1, 0.15) is 5.56 Å². The number of carbonyl (C=O) groups is 3. The van der Waals surface area contributed by atoms with Gasteiger partial charge in [-0.3, -0.25) is 14.9 Å². The average molecular weight is 387 g/mol. The molecule has 0 radical (unpaired) electrons. The molecule has 0 aromatic heterocycles. The summed E-state index contributed by atoms with van der Waals surface area (Å²) < 4.78 is 10.1. The van der Waals surface area contributed by atoms with Crippen molar-refractivity contribution in [1.29, 1.82) is 0 Å². The molecule has 1 N–H and O–H groups in total. The van der Waals surface area contributed by atoms with E-state index in [1.807, 2.05) is 0 Å². The second-order valence-electron chi connectivity index (χ2n) is 5.55. The summed E-state index contributed by atoms with van der Waals surface area (Å²) in [7, 11) is 2.99. The number of urea groups is 1. The first-order valence-electron chi connectivity index (χ1n) is 7.83. The molecule has 4 amide bonds. The molecule has 1 heterocycles. The smallest absolute Gasteiger partial charge is 0.335 e. The number of hydrogen-bond donors (Lipinski definition) is 1. The number of rotatable bonds is 4. The minimum atomic E-state index is -0.819. The molecule has 1 fully saturated rings. The van der Waals surface area contributed by atoms with Crippen LogP contribution in [0.15, 0.2) is 48.0 Å². The molecule has 138 valence electrons. The first-order chi connectivity index (χ1) is 12.9. The molecule has 3 rings (SSSR count). The van der Waals surface area contributed by atoms with Gasteiger partial charge in [-0.1, -0.05) is 17.7 Å². The number of carbonyl (C=O) groups excluding carboxylic acids is 3. The largest absolute Gasteiger partial charge is 0.497 e. The Morgan fingerprint density at radius 1 is 1.00 bits per heavy atom. The van der Waals surface area contributed by atoms with Gasteiger partial charge >= 0.3 is 6.03 Å². The Balaban J connectivity index is 1.97. The van der Waals surface area contributed by atoms with E-state index in [1.165, 1.54) is 20.3 Å². The number of amides is 4. The van der Waals surface area contributed by atoms with Crippen LogP contribution in [0.3, 0.4) is 0 Å². The van der Waals surface area contributed by atoms with Crippen LogP contribution in [0.25, 0.3) is 6.08 Å². The average Bonchev–Trinajstić information content (AvgIpc) is 2.65. The fraction of sp³-hybridized carbons (Fsp3) is 0.105. The summed E-state index contributed by atoms with van der Waals surface area (Å²) in [6, 6.07) is 10.3. The van der Waals surface area contributed by atoms with Crippen LogP contribution < -0.4 is 19.7 Å². The zero-order valence-corrected chi connectivity index (χ0v) is 15.2. The lowest BCUT2D eigenvalue weighted by atomic mass is 10.1. The Bertz CT molecular complexity index is 953. The van der Waals surface area contributed by atoms with Crippen molar-refractivity contribution in [1.82, 2.24) is 5.32 Å². The van der Waals surface area contributed by atoms with Crippen molar-refractivity contribution in [3.63, 3.8) is 0 Å². The number of anilines is 1. The predicted molar refractivity (Wildman–Crippen MR) is 100.0 cm³/mol. The van der Waals surface area contributed by atoms with Crippen molar-refractivity contribution < 1.29 is 23.9 Å². The molecule has 0 bridgehead atoms. The second-order valence-corrected chi connectivity index (χ2v) is 5.96. The first-order valence-corrected chi connectivity index (χ1v) is 8.21. The highest BCUT2D eigenvalue weighted by Gasteiger charge is 2.36. The van der Waals surface area contributed by atoms with E-state index in [2.05, 4.69) is 5.32 Å². The Morgan fingerprint density at radius 2 is 1.70 bits per heavy atom. The van der Waals surface area contributed by atoms with Gasteiger partial charge in [-0.25, -0.2) is 9.69 Å². The van der Waals surface area contributed by atoms with Crippen molar-refractivity contribution in [2.75, 3.05) is 19.1 Å². The molecule has 1 aliphatic rings. The van der Waals surface area contributed by atoms with Crippen molar-refractivity contribution in [2.45, 2.75) is 0 Å². The molecule has 2 aromatic rings. The van der Waals surface area contributed by atoms with Crippen molar-refractivity contribution in [3.05, 3.63) is 58.6 Å². The molecule has 0 saturated carbocycles. The van der Waals surface area contributed by atoms with Crippen LogP contribution >= 0.6 is 11.6 Å². The van der Waals surface area contributed by atoms with Crippen LogP contribution in [-0.2, 0) is 9.59 Å². The van der Waals surface area contributed by atoms with E-state index in [0.717, 1.165) is 4.90 Å². The van der Waals surface area contributed by atoms with E-state index in [9.17, 15) is 14.4 Å². The topological polar surface area (TPSA) is 84.9 Å². The van der Waals surface area contributed by atoms with Gasteiger partial charge in [0.1, 0.15) is 17.1 Å². The number of imide groups is 2. The highest BCUT2D eigenvalue weighted by Crippen LogP contribution is 2.28. The molecule has 8 heteroatoms. The molecule has 0 unspecified atom stereocenters. The zero-order valence-electron chi connectivity index (χ0n) is 14.5. The van der Waals surface area contributed by atoms with Gasteiger partial charge in [0.25, 0.3) is 11.8 Å². The number of barbiturate groups is 1. The highest BCUT2D eigenvalue weighted by atomic mass is 35.5. The Labute approximate surface area is 160 Å². The molecule has 1 aliphatic heterocycles. The number of ether oxygens (including phenoxy) is 2. The lowest BCUT2D eigenvalue weighted by molar-refractivity contribution is -0.122. The number of nitrogens with zero attached hydrogens (tertiary/aromatic N) is 1. The van der Waals surface area contributed by atoms with E-state index in [0.29, 0.717) is 27.8 Å². The van der Waals surface area contributed by atoms with Gasteiger partial charge in [0, 0.05) is 0 Å². The summed E-state index contributed by atoms with van der Waals surface area (Å²) in [5.41, 5.74) is 0.638. The van der Waals surface area contributed by atoms with Crippen molar-refractivity contribution in [3.8, 4) is 11.5 Å². The number of hydrogen-bond acceptors (Lipinski definition) is 5. The molecule has 0 atom stereocenters. The van der Waals surface area contributed by atoms with Gasteiger partial charge in [0.15, 0.2) is 0 Å². The van der Waals surface area contributed by atoms with Gasteiger partial charge in [-0.05, 0) is 48.0 Å². The van der Waals surface area contributed by atoms with Crippen molar-refractivity contribution >= 4 is 41.2 Å². The fourth-order valence-corrected chi connectivity index (χ4v) is 2.83. The molecule has 27 heavy (non-hydrogen) atoms.